The normalized spacial score (nSPS) is 12.0. The van der Waals surface area contributed by atoms with E-state index >= 15 is 0 Å². The second-order valence-corrected chi connectivity index (χ2v) is 4.92. The highest BCUT2D eigenvalue weighted by molar-refractivity contribution is 6.30. The number of nitrogens with zero attached hydrogens (tertiary/aromatic N) is 2. The maximum atomic E-state index is 5.91. The molecule has 0 amide bonds. The summed E-state index contributed by atoms with van der Waals surface area (Å²) in [6.07, 6.45) is 2.34. The zero-order valence-electron chi connectivity index (χ0n) is 12.3. The Hall–Kier alpha value is -1.85. The lowest BCUT2D eigenvalue weighted by molar-refractivity contribution is 0.350. The predicted molar refractivity (Wildman–Crippen MR) is 82.1 cm³/mol. The molecule has 5 nitrogen and oxygen atoms in total. The predicted octanol–water partition coefficient (Wildman–Crippen LogP) is 2.65. The van der Waals surface area contributed by atoms with Crippen LogP contribution in [0.2, 0.25) is 5.02 Å². The zero-order chi connectivity index (χ0) is 15.2. The van der Waals surface area contributed by atoms with Gasteiger partial charge in [-0.2, -0.15) is 4.98 Å². The summed E-state index contributed by atoms with van der Waals surface area (Å²) < 4.78 is 10.4. The molecule has 1 aromatic heterocycles. The second-order valence-electron chi connectivity index (χ2n) is 4.48. The van der Waals surface area contributed by atoms with Crippen molar-refractivity contribution in [1.82, 2.24) is 15.3 Å². The Kier molecular flexibility index (Phi) is 5.36. The van der Waals surface area contributed by atoms with Crippen molar-refractivity contribution >= 4 is 11.6 Å². The number of aromatic nitrogens is 2. The van der Waals surface area contributed by atoms with Crippen molar-refractivity contribution in [1.29, 1.82) is 0 Å². The summed E-state index contributed by atoms with van der Waals surface area (Å²) >= 11 is 5.91. The summed E-state index contributed by atoms with van der Waals surface area (Å²) in [4.78, 5) is 8.67. The van der Waals surface area contributed by atoms with Crippen LogP contribution in [0.3, 0.4) is 0 Å². The van der Waals surface area contributed by atoms with Gasteiger partial charge in [0.25, 0.3) is 0 Å². The Morgan fingerprint density at radius 2 is 1.90 bits per heavy atom. The number of likely N-dealkylation sites (N-methyl/N-ethyl adjacent to an activating group) is 1. The SMILES string of the molecule is CNC(Cc1ccc(Cl)cc1)c1ncc(OC)nc1OC. The molecule has 0 saturated carbocycles. The highest BCUT2D eigenvalue weighted by Crippen LogP contribution is 2.26. The maximum absolute atomic E-state index is 5.91. The Labute approximate surface area is 129 Å². The molecule has 1 heterocycles. The summed E-state index contributed by atoms with van der Waals surface area (Å²) in [7, 11) is 5.00. The van der Waals surface area contributed by atoms with Gasteiger partial charge in [-0.3, -0.25) is 0 Å². The minimum absolute atomic E-state index is 0.0143. The first-order chi connectivity index (χ1) is 10.2. The number of rotatable bonds is 6. The van der Waals surface area contributed by atoms with Crippen molar-refractivity contribution < 1.29 is 9.47 Å². The van der Waals surface area contributed by atoms with E-state index in [1.807, 2.05) is 31.3 Å². The molecule has 112 valence electrons. The molecule has 1 aromatic carbocycles. The van der Waals surface area contributed by atoms with Crippen LogP contribution >= 0.6 is 11.6 Å². The first-order valence-corrected chi connectivity index (χ1v) is 6.92. The molecule has 1 unspecified atom stereocenters. The minimum Gasteiger partial charge on any atom is -0.480 e. The lowest BCUT2D eigenvalue weighted by Gasteiger charge is -2.18. The average molecular weight is 308 g/mol. The number of hydrogen-bond acceptors (Lipinski definition) is 5. The third-order valence-electron chi connectivity index (χ3n) is 3.18. The van der Waals surface area contributed by atoms with Gasteiger partial charge in [-0.25, -0.2) is 4.98 Å². The molecule has 0 aliphatic rings. The second kappa shape index (κ2) is 7.24. The molecular formula is C15H18ClN3O2. The van der Waals surface area contributed by atoms with E-state index in [1.165, 1.54) is 0 Å². The van der Waals surface area contributed by atoms with Crippen LogP contribution in [-0.4, -0.2) is 31.2 Å². The van der Waals surface area contributed by atoms with Crippen molar-refractivity contribution in [3.8, 4) is 11.8 Å². The largest absolute Gasteiger partial charge is 0.480 e. The van der Waals surface area contributed by atoms with E-state index in [0.717, 1.165) is 22.7 Å². The fraction of sp³-hybridized carbons (Fsp3) is 0.333. The van der Waals surface area contributed by atoms with Crippen LogP contribution in [0.25, 0.3) is 0 Å². The molecule has 1 atom stereocenters. The molecule has 0 radical (unpaired) electrons. The molecule has 2 aromatic rings. The van der Waals surface area contributed by atoms with Gasteiger partial charge >= 0.3 is 0 Å². The smallest absolute Gasteiger partial charge is 0.240 e. The van der Waals surface area contributed by atoms with Gasteiger partial charge in [-0.1, -0.05) is 23.7 Å². The van der Waals surface area contributed by atoms with Crippen LogP contribution < -0.4 is 14.8 Å². The minimum atomic E-state index is -0.0143. The van der Waals surface area contributed by atoms with Crippen LogP contribution in [0.4, 0.5) is 0 Å². The van der Waals surface area contributed by atoms with Crippen molar-refractivity contribution in [2.45, 2.75) is 12.5 Å². The van der Waals surface area contributed by atoms with Crippen molar-refractivity contribution in [2.75, 3.05) is 21.3 Å². The highest BCUT2D eigenvalue weighted by Gasteiger charge is 2.19. The summed E-state index contributed by atoms with van der Waals surface area (Å²) in [5, 5.41) is 3.96. The number of halogens is 1. The number of ether oxygens (including phenoxy) is 2. The first kappa shape index (κ1) is 15.5. The lowest BCUT2D eigenvalue weighted by atomic mass is 10.0. The van der Waals surface area contributed by atoms with Crippen LogP contribution in [0, 0.1) is 0 Å². The fourth-order valence-electron chi connectivity index (χ4n) is 2.05. The van der Waals surface area contributed by atoms with Gasteiger partial charge in [0.2, 0.25) is 11.8 Å². The summed E-state index contributed by atoms with van der Waals surface area (Å²) in [6, 6.07) is 7.73. The van der Waals surface area contributed by atoms with Crippen LogP contribution in [-0.2, 0) is 6.42 Å². The van der Waals surface area contributed by atoms with Crippen LogP contribution in [0.15, 0.2) is 30.5 Å². The molecule has 2 rings (SSSR count). The van der Waals surface area contributed by atoms with E-state index in [9.17, 15) is 0 Å². The van der Waals surface area contributed by atoms with E-state index in [4.69, 9.17) is 21.1 Å². The van der Waals surface area contributed by atoms with Gasteiger partial charge in [0.15, 0.2) is 0 Å². The van der Waals surface area contributed by atoms with E-state index in [0.29, 0.717) is 11.8 Å². The molecule has 0 spiro atoms. The quantitative estimate of drug-likeness (QED) is 0.889. The third-order valence-corrected chi connectivity index (χ3v) is 3.43. The topological polar surface area (TPSA) is 56.3 Å². The van der Waals surface area contributed by atoms with E-state index < -0.39 is 0 Å². The molecular weight excluding hydrogens is 290 g/mol. The molecule has 0 aliphatic carbocycles. The monoisotopic (exact) mass is 307 g/mol. The highest BCUT2D eigenvalue weighted by atomic mass is 35.5. The Morgan fingerprint density at radius 1 is 1.19 bits per heavy atom. The van der Waals surface area contributed by atoms with Crippen molar-refractivity contribution in [2.24, 2.45) is 0 Å². The van der Waals surface area contributed by atoms with E-state index in [2.05, 4.69) is 15.3 Å². The fourth-order valence-corrected chi connectivity index (χ4v) is 2.17. The number of hydrogen-bond donors (Lipinski definition) is 1. The first-order valence-electron chi connectivity index (χ1n) is 6.54. The van der Waals surface area contributed by atoms with Gasteiger partial charge < -0.3 is 14.8 Å². The van der Waals surface area contributed by atoms with Crippen LogP contribution in [0.5, 0.6) is 11.8 Å². The Balaban J connectivity index is 2.26. The van der Waals surface area contributed by atoms with Crippen molar-refractivity contribution in [3.63, 3.8) is 0 Å². The molecule has 0 saturated heterocycles. The molecule has 0 fully saturated rings. The maximum Gasteiger partial charge on any atom is 0.240 e. The Morgan fingerprint density at radius 3 is 2.48 bits per heavy atom. The van der Waals surface area contributed by atoms with E-state index in [-0.39, 0.29) is 6.04 Å². The molecule has 1 N–H and O–H groups in total. The lowest BCUT2D eigenvalue weighted by Crippen LogP contribution is -2.21. The Bertz CT molecular complexity index is 590. The number of methoxy groups -OCH3 is 2. The average Bonchev–Trinajstić information content (AvgIpc) is 2.53. The number of nitrogens with one attached hydrogen (secondary N) is 1. The zero-order valence-corrected chi connectivity index (χ0v) is 13.0. The van der Waals surface area contributed by atoms with Gasteiger partial charge in [0, 0.05) is 5.02 Å². The van der Waals surface area contributed by atoms with Gasteiger partial charge in [0.05, 0.1) is 26.5 Å². The molecule has 0 bridgehead atoms. The molecule has 0 aliphatic heterocycles. The summed E-state index contributed by atoms with van der Waals surface area (Å²) in [6.45, 7) is 0. The number of benzene rings is 1. The van der Waals surface area contributed by atoms with Gasteiger partial charge in [-0.05, 0) is 31.2 Å². The summed E-state index contributed by atoms with van der Waals surface area (Å²) in [5.74, 6) is 0.889. The van der Waals surface area contributed by atoms with Gasteiger partial charge in [0.1, 0.15) is 5.69 Å². The van der Waals surface area contributed by atoms with Gasteiger partial charge in [-0.15, -0.1) is 0 Å². The van der Waals surface area contributed by atoms with Crippen LogP contribution in [0.1, 0.15) is 17.3 Å². The molecule has 6 heteroatoms. The molecule has 21 heavy (non-hydrogen) atoms. The third kappa shape index (κ3) is 3.83. The van der Waals surface area contributed by atoms with E-state index in [1.54, 1.807) is 20.4 Å². The van der Waals surface area contributed by atoms with Crippen molar-refractivity contribution in [3.05, 3.63) is 46.7 Å². The summed E-state index contributed by atoms with van der Waals surface area (Å²) in [5.41, 5.74) is 1.90. The standard InChI is InChI=1S/C15H18ClN3O2/c1-17-12(8-10-4-6-11(16)7-5-10)14-15(21-3)19-13(20-2)9-18-14/h4-7,9,12,17H,8H2,1-3H3.